The van der Waals surface area contributed by atoms with Crippen molar-refractivity contribution in [2.24, 2.45) is 35.0 Å². The number of fused-ring (bicyclic) bond motifs is 1. The van der Waals surface area contributed by atoms with Crippen molar-refractivity contribution in [2.75, 3.05) is 7.11 Å². The van der Waals surface area contributed by atoms with Crippen LogP contribution in [0.5, 0.6) is 0 Å². The van der Waals surface area contributed by atoms with Crippen molar-refractivity contribution in [2.45, 2.75) is 85.6 Å². The molecule has 2 rings (SSSR count). The molecule has 0 aromatic carbocycles. The van der Waals surface area contributed by atoms with Gasteiger partial charge in [-0.2, -0.15) is 0 Å². The summed E-state index contributed by atoms with van der Waals surface area (Å²) in [4.78, 5) is 37.6. The Morgan fingerprint density at radius 2 is 1.91 bits per heavy atom. The van der Waals surface area contributed by atoms with Gasteiger partial charge in [0.05, 0.1) is 24.5 Å². The minimum absolute atomic E-state index is 0.0546. The SMILES string of the molecule is CCC(C)(C)C(=O)O[C@@H]1C(=O)[C@H](C)C=C2C=C[C@H](C)[C@H](CC[C@@H](O)C[C@H](F)C(C)C(=O)OC)C21. The lowest BCUT2D eigenvalue weighted by molar-refractivity contribution is -0.169. The molecule has 0 saturated heterocycles. The van der Waals surface area contributed by atoms with Gasteiger partial charge in [-0.05, 0) is 57.4 Å². The molecule has 8 atom stereocenters. The second-order valence-corrected chi connectivity index (χ2v) is 10.6. The highest BCUT2D eigenvalue weighted by Gasteiger charge is 2.47. The quantitative estimate of drug-likeness (QED) is 0.460. The van der Waals surface area contributed by atoms with Crippen LogP contribution in [-0.4, -0.2) is 48.3 Å². The number of halogens is 1. The van der Waals surface area contributed by atoms with E-state index in [-0.39, 0.29) is 41.8 Å². The Kier molecular flexibility index (Phi) is 9.63. The molecule has 0 spiro atoms. The number of methoxy groups -OCH3 is 1. The summed E-state index contributed by atoms with van der Waals surface area (Å²) in [5.74, 6) is -2.72. The lowest BCUT2D eigenvalue weighted by atomic mass is 9.65. The van der Waals surface area contributed by atoms with Crippen molar-refractivity contribution >= 4 is 17.7 Å². The maximum atomic E-state index is 14.5. The van der Waals surface area contributed by atoms with E-state index >= 15 is 0 Å². The first-order valence-corrected chi connectivity index (χ1v) is 12.4. The number of Topliss-reactive ketones (excluding diaryl/α,β-unsaturated/α-hetero) is 1. The summed E-state index contributed by atoms with van der Waals surface area (Å²) in [6.07, 6.45) is 3.96. The van der Waals surface area contributed by atoms with Crippen molar-refractivity contribution < 1.29 is 33.4 Å². The number of allylic oxidation sites excluding steroid dienone is 3. The van der Waals surface area contributed by atoms with Gasteiger partial charge in [0.15, 0.2) is 11.9 Å². The minimum Gasteiger partial charge on any atom is -0.469 e. The third kappa shape index (κ3) is 6.35. The Bertz CT molecular complexity index is 816. The molecule has 0 aromatic heterocycles. The van der Waals surface area contributed by atoms with Crippen LogP contribution < -0.4 is 0 Å². The second-order valence-electron chi connectivity index (χ2n) is 10.6. The van der Waals surface area contributed by atoms with Crippen molar-refractivity contribution in [3.63, 3.8) is 0 Å². The molecule has 34 heavy (non-hydrogen) atoms. The lowest BCUT2D eigenvalue weighted by Crippen LogP contribution is -2.48. The van der Waals surface area contributed by atoms with Crippen LogP contribution in [0.4, 0.5) is 4.39 Å². The highest BCUT2D eigenvalue weighted by molar-refractivity contribution is 5.91. The summed E-state index contributed by atoms with van der Waals surface area (Å²) in [7, 11) is 1.21. The number of carbonyl (C=O) groups is 3. The maximum Gasteiger partial charge on any atom is 0.312 e. The summed E-state index contributed by atoms with van der Waals surface area (Å²) in [6, 6.07) is 0. The molecular weight excluding hydrogens is 439 g/mol. The van der Waals surface area contributed by atoms with Gasteiger partial charge in [0.2, 0.25) is 0 Å². The first-order chi connectivity index (χ1) is 15.8. The van der Waals surface area contributed by atoms with Crippen molar-refractivity contribution in [3.05, 3.63) is 23.8 Å². The lowest BCUT2D eigenvalue weighted by Gasteiger charge is -2.43. The number of aliphatic hydroxyl groups excluding tert-OH is 1. The third-order valence-electron chi connectivity index (χ3n) is 7.73. The van der Waals surface area contributed by atoms with E-state index in [1.165, 1.54) is 14.0 Å². The Balaban J connectivity index is 2.19. The largest absolute Gasteiger partial charge is 0.469 e. The molecule has 2 unspecified atom stereocenters. The van der Waals surface area contributed by atoms with Crippen LogP contribution >= 0.6 is 0 Å². The van der Waals surface area contributed by atoms with Crippen LogP contribution in [0.25, 0.3) is 0 Å². The van der Waals surface area contributed by atoms with Gasteiger partial charge in [-0.25, -0.2) is 4.39 Å². The topological polar surface area (TPSA) is 89.9 Å². The van der Waals surface area contributed by atoms with E-state index in [1.54, 1.807) is 0 Å². The number of alkyl halides is 1. The first kappa shape index (κ1) is 28.2. The third-order valence-corrected chi connectivity index (χ3v) is 7.73. The summed E-state index contributed by atoms with van der Waals surface area (Å²) in [5.41, 5.74) is 0.276. The zero-order chi connectivity index (χ0) is 25.8. The predicted octanol–water partition coefficient (Wildman–Crippen LogP) is 4.60. The van der Waals surface area contributed by atoms with Gasteiger partial charge in [-0.3, -0.25) is 14.4 Å². The van der Waals surface area contributed by atoms with Crippen LogP contribution in [0, 0.1) is 35.0 Å². The van der Waals surface area contributed by atoms with Crippen LogP contribution in [0.3, 0.4) is 0 Å². The summed E-state index contributed by atoms with van der Waals surface area (Å²) < 4.78 is 24.9. The number of carbonyl (C=O) groups excluding carboxylic acids is 3. The van der Waals surface area contributed by atoms with Crippen LogP contribution in [0.15, 0.2) is 23.8 Å². The molecule has 0 heterocycles. The average Bonchev–Trinajstić information content (AvgIpc) is 2.80. The van der Waals surface area contributed by atoms with Crippen LogP contribution in [-0.2, 0) is 23.9 Å². The molecule has 0 saturated carbocycles. The Hall–Kier alpha value is -2.02. The van der Waals surface area contributed by atoms with Crippen LogP contribution in [0.2, 0.25) is 0 Å². The van der Waals surface area contributed by atoms with Gasteiger partial charge in [-0.15, -0.1) is 0 Å². The van der Waals surface area contributed by atoms with Gasteiger partial charge in [0, 0.05) is 18.3 Å². The first-order valence-electron chi connectivity index (χ1n) is 12.4. The molecular formula is C27H41FO6. The summed E-state index contributed by atoms with van der Waals surface area (Å²) in [5, 5.41) is 10.5. The molecule has 1 N–H and O–H groups in total. The fourth-order valence-corrected chi connectivity index (χ4v) is 4.76. The smallest absolute Gasteiger partial charge is 0.312 e. The van der Waals surface area contributed by atoms with E-state index in [4.69, 9.17) is 4.74 Å². The van der Waals surface area contributed by atoms with E-state index in [1.807, 2.05) is 46.8 Å². The fraction of sp³-hybridized carbons (Fsp3) is 0.741. The highest BCUT2D eigenvalue weighted by atomic mass is 19.1. The van der Waals surface area contributed by atoms with Gasteiger partial charge in [0.1, 0.15) is 6.17 Å². The Morgan fingerprint density at radius 1 is 1.26 bits per heavy atom. The average molecular weight is 481 g/mol. The molecule has 0 amide bonds. The van der Waals surface area contributed by atoms with Gasteiger partial charge in [-0.1, -0.05) is 39.0 Å². The number of ketones is 1. The molecule has 2 aliphatic carbocycles. The Labute approximate surface area is 203 Å². The number of hydrogen-bond donors (Lipinski definition) is 1. The van der Waals surface area contributed by atoms with E-state index < -0.39 is 35.7 Å². The molecule has 6 nitrogen and oxygen atoms in total. The van der Waals surface area contributed by atoms with Crippen LogP contribution in [0.1, 0.15) is 67.2 Å². The number of rotatable bonds is 10. The fourth-order valence-electron chi connectivity index (χ4n) is 4.76. The van der Waals surface area contributed by atoms with Gasteiger partial charge >= 0.3 is 11.9 Å². The number of aliphatic hydroxyl groups is 1. The molecule has 2 aliphatic rings. The molecule has 0 aromatic rings. The zero-order valence-corrected chi connectivity index (χ0v) is 21.5. The Morgan fingerprint density at radius 3 is 2.50 bits per heavy atom. The highest BCUT2D eigenvalue weighted by Crippen LogP contribution is 2.44. The molecule has 0 fully saturated rings. The molecule has 7 heteroatoms. The minimum atomic E-state index is -1.51. The van der Waals surface area contributed by atoms with Crippen molar-refractivity contribution in [3.8, 4) is 0 Å². The van der Waals surface area contributed by atoms with Crippen molar-refractivity contribution in [1.82, 2.24) is 0 Å². The normalized spacial score (nSPS) is 29.5. The number of hydrogen-bond acceptors (Lipinski definition) is 6. The molecule has 0 radical (unpaired) electrons. The van der Waals surface area contributed by atoms with E-state index in [0.29, 0.717) is 19.3 Å². The van der Waals surface area contributed by atoms with E-state index in [9.17, 15) is 23.9 Å². The maximum absolute atomic E-state index is 14.5. The van der Waals surface area contributed by atoms with Crippen molar-refractivity contribution in [1.29, 1.82) is 0 Å². The predicted molar refractivity (Wildman–Crippen MR) is 127 cm³/mol. The molecule has 0 bridgehead atoms. The van der Waals surface area contributed by atoms with E-state index in [0.717, 1.165) is 5.57 Å². The molecule has 0 aliphatic heterocycles. The second kappa shape index (κ2) is 11.6. The summed E-state index contributed by atoms with van der Waals surface area (Å²) in [6.45, 7) is 10.8. The molecule has 192 valence electrons. The van der Waals surface area contributed by atoms with E-state index in [2.05, 4.69) is 10.8 Å². The summed E-state index contributed by atoms with van der Waals surface area (Å²) >= 11 is 0. The van der Waals surface area contributed by atoms with Gasteiger partial charge < -0.3 is 14.6 Å². The zero-order valence-electron chi connectivity index (χ0n) is 21.5. The number of esters is 2. The monoisotopic (exact) mass is 480 g/mol. The number of ether oxygens (including phenoxy) is 2. The standard InChI is InChI=1S/C27H41FO6/c1-8-27(5,6)26(32)34-24-22-18(13-16(3)23(24)30)10-9-15(2)20(22)12-11-19(29)14-21(28)17(4)25(31)33-7/h9-10,13,15-17,19-22,24,29H,8,11-12,14H2,1-7H3/t15-,16+,17?,19+,20-,21-,22?,24-/m0/s1. The van der Waals surface area contributed by atoms with Gasteiger partial charge in [0.25, 0.3) is 0 Å².